The number of anilines is 3. The van der Waals surface area contributed by atoms with Crippen molar-refractivity contribution in [2.75, 3.05) is 17.7 Å². The SMILES string of the molecule is COC(=O)Nc1ccc(Nc2cc(-c3ccc(C)cc3)[nH]n2)c(C)c1. The van der Waals surface area contributed by atoms with Crippen molar-refractivity contribution in [2.24, 2.45) is 0 Å². The number of hydrogen-bond donors (Lipinski definition) is 3. The van der Waals surface area contributed by atoms with Gasteiger partial charge in [-0.2, -0.15) is 5.10 Å². The maximum Gasteiger partial charge on any atom is 0.411 e. The van der Waals surface area contributed by atoms with Gasteiger partial charge in [-0.15, -0.1) is 0 Å². The molecular weight excluding hydrogens is 316 g/mol. The monoisotopic (exact) mass is 336 g/mol. The van der Waals surface area contributed by atoms with Crippen LogP contribution < -0.4 is 10.6 Å². The molecular formula is C19H20N4O2. The third kappa shape index (κ3) is 3.98. The second-order valence-corrected chi connectivity index (χ2v) is 5.80. The fourth-order valence-electron chi connectivity index (χ4n) is 2.46. The third-order valence-corrected chi connectivity index (χ3v) is 3.86. The molecule has 0 unspecified atom stereocenters. The zero-order chi connectivity index (χ0) is 17.8. The van der Waals surface area contributed by atoms with Crippen LogP contribution in [0.15, 0.2) is 48.5 Å². The van der Waals surface area contributed by atoms with E-state index in [-0.39, 0.29) is 0 Å². The lowest BCUT2D eigenvalue weighted by Gasteiger charge is -2.09. The third-order valence-electron chi connectivity index (χ3n) is 3.86. The van der Waals surface area contributed by atoms with Gasteiger partial charge < -0.3 is 10.1 Å². The summed E-state index contributed by atoms with van der Waals surface area (Å²) in [5.74, 6) is 0.729. The van der Waals surface area contributed by atoms with E-state index in [9.17, 15) is 4.79 Å². The number of rotatable bonds is 4. The topological polar surface area (TPSA) is 79.0 Å². The van der Waals surface area contributed by atoms with Crippen LogP contribution in [0.2, 0.25) is 0 Å². The van der Waals surface area contributed by atoms with Crippen molar-refractivity contribution in [3.8, 4) is 11.3 Å². The van der Waals surface area contributed by atoms with E-state index >= 15 is 0 Å². The average molecular weight is 336 g/mol. The van der Waals surface area contributed by atoms with Gasteiger partial charge in [0, 0.05) is 17.4 Å². The summed E-state index contributed by atoms with van der Waals surface area (Å²) < 4.78 is 4.59. The van der Waals surface area contributed by atoms with Gasteiger partial charge in [-0.05, 0) is 43.2 Å². The molecule has 1 heterocycles. The Balaban J connectivity index is 1.74. The van der Waals surface area contributed by atoms with Crippen molar-refractivity contribution < 1.29 is 9.53 Å². The summed E-state index contributed by atoms with van der Waals surface area (Å²) in [6, 6.07) is 15.8. The summed E-state index contributed by atoms with van der Waals surface area (Å²) in [4.78, 5) is 11.3. The Morgan fingerprint density at radius 1 is 1.08 bits per heavy atom. The molecule has 0 radical (unpaired) electrons. The largest absolute Gasteiger partial charge is 0.453 e. The number of ether oxygens (including phenoxy) is 1. The molecule has 0 aliphatic rings. The van der Waals surface area contributed by atoms with E-state index in [0.717, 1.165) is 28.3 Å². The minimum atomic E-state index is -0.491. The van der Waals surface area contributed by atoms with Crippen molar-refractivity contribution in [1.82, 2.24) is 10.2 Å². The molecule has 3 aromatic rings. The molecule has 0 spiro atoms. The molecule has 1 amide bonds. The minimum Gasteiger partial charge on any atom is -0.453 e. The zero-order valence-corrected chi connectivity index (χ0v) is 14.4. The average Bonchev–Trinajstić information content (AvgIpc) is 3.06. The number of aromatic amines is 1. The van der Waals surface area contributed by atoms with Gasteiger partial charge in [0.05, 0.1) is 12.8 Å². The molecule has 0 bridgehead atoms. The molecule has 0 fully saturated rings. The fraction of sp³-hybridized carbons (Fsp3) is 0.158. The van der Waals surface area contributed by atoms with E-state index in [1.165, 1.54) is 12.7 Å². The number of benzene rings is 2. The fourth-order valence-corrected chi connectivity index (χ4v) is 2.46. The lowest BCUT2D eigenvalue weighted by molar-refractivity contribution is 0.187. The number of H-pyrrole nitrogens is 1. The quantitative estimate of drug-likeness (QED) is 0.650. The van der Waals surface area contributed by atoms with Crippen LogP contribution in [-0.2, 0) is 4.74 Å². The number of aromatic nitrogens is 2. The first-order valence-corrected chi connectivity index (χ1v) is 7.90. The molecule has 128 valence electrons. The predicted molar refractivity (Wildman–Crippen MR) is 99.3 cm³/mol. The van der Waals surface area contributed by atoms with Gasteiger partial charge in [-0.1, -0.05) is 29.8 Å². The number of amides is 1. The maximum absolute atomic E-state index is 11.3. The van der Waals surface area contributed by atoms with Crippen LogP contribution in [0, 0.1) is 13.8 Å². The van der Waals surface area contributed by atoms with Crippen LogP contribution in [0.5, 0.6) is 0 Å². The van der Waals surface area contributed by atoms with E-state index in [4.69, 9.17) is 0 Å². The Morgan fingerprint density at radius 2 is 1.84 bits per heavy atom. The van der Waals surface area contributed by atoms with Gasteiger partial charge in [-0.25, -0.2) is 4.79 Å². The Kier molecular flexibility index (Phi) is 4.70. The number of methoxy groups -OCH3 is 1. The molecule has 0 saturated heterocycles. The molecule has 25 heavy (non-hydrogen) atoms. The Morgan fingerprint density at radius 3 is 2.52 bits per heavy atom. The summed E-state index contributed by atoms with van der Waals surface area (Å²) in [6.45, 7) is 4.02. The maximum atomic E-state index is 11.3. The number of nitrogens with one attached hydrogen (secondary N) is 3. The van der Waals surface area contributed by atoms with Gasteiger partial charge in [0.2, 0.25) is 0 Å². The van der Waals surface area contributed by atoms with Crippen LogP contribution in [0.1, 0.15) is 11.1 Å². The number of carbonyl (C=O) groups excluding carboxylic acids is 1. The lowest BCUT2D eigenvalue weighted by atomic mass is 10.1. The number of aryl methyl sites for hydroxylation is 2. The van der Waals surface area contributed by atoms with Crippen molar-refractivity contribution in [3.05, 3.63) is 59.7 Å². The summed E-state index contributed by atoms with van der Waals surface area (Å²) >= 11 is 0. The first kappa shape index (κ1) is 16.6. The number of nitrogens with zero attached hydrogens (tertiary/aromatic N) is 1. The van der Waals surface area contributed by atoms with Gasteiger partial charge in [0.25, 0.3) is 0 Å². The van der Waals surface area contributed by atoms with Gasteiger partial charge in [-0.3, -0.25) is 10.4 Å². The molecule has 6 heteroatoms. The van der Waals surface area contributed by atoms with Crippen molar-refractivity contribution in [3.63, 3.8) is 0 Å². The minimum absolute atomic E-state index is 0.491. The Bertz CT molecular complexity index is 885. The molecule has 1 aromatic heterocycles. The van der Waals surface area contributed by atoms with Crippen molar-refractivity contribution in [2.45, 2.75) is 13.8 Å². The smallest absolute Gasteiger partial charge is 0.411 e. The molecule has 0 aliphatic heterocycles. The molecule has 0 atom stereocenters. The van der Waals surface area contributed by atoms with Crippen LogP contribution >= 0.6 is 0 Å². The highest BCUT2D eigenvalue weighted by Gasteiger charge is 2.07. The van der Waals surface area contributed by atoms with Crippen LogP contribution in [0.4, 0.5) is 22.0 Å². The second kappa shape index (κ2) is 7.09. The Labute approximate surface area is 146 Å². The van der Waals surface area contributed by atoms with Gasteiger partial charge in [0.1, 0.15) is 0 Å². The molecule has 2 aromatic carbocycles. The highest BCUT2D eigenvalue weighted by molar-refractivity contribution is 5.85. The first-order valence-electron chi connectivity index (χ1n) is 7.90. The van der Waals surface area contributed by atoms with Gasteiger partial charge >= 0.3 is 6.09 Å². The zero-order valence-electron chi connectivity index (χ0n) is 14.4. The standard InChI is InChI=1S/C19H20N4O2/c1-12-4-6-14(7-5-12)17-11-18(23-22-17)21-16-9-8-15(10-13(16)2)20-19(24)25-3/h4-11H,1-3H3,(H,20,24)(H2,21,22,23). The first-order chi connectivity index (χ1) is 12.0. The highest BCUT2D eigenvalue weighted by atomic mass is 16.5. The summed E-state index contributed by atoms with van der Waals surface area (Å²) in [7, 11) is 1.33. The van der Waals surface area contributed by atoms with E-state index in [2.05, 4.69) is 56.8 Å². The van der Waals surface area contributed by atoms with E-state index < -0.39 is 6.09 Å². The lowest BCUT2D eigenvalue weighted by Crippen LogP contribution is -2.11. The van der Waals surface area contributed by atoms with E-state index in [0.29, 0.717) is 5.69 Å². The highest BCUT2D eigenvalue weighted by Crippen LogP contribution is 2.25. The number of hydrogen-bond acceptors (Lipinski definition) is 4. The van der Waals surface area contributed by atoms with Crippen LogP contribution in [-0.4, -0.2) is 23.4 Å². The normalized spacial score (nSPS) is 10.4. The van der Waals surface area contributed by atoms with Crippen molar-refractivity contribution in [1.29, 1.82) is 0 Å². The van der Waals surface area contributed by atoms with E-state index in [1.807, 2.05) is 25.1 Å². The molecule has 3 N–H and O–H groups in total. The predicted octanol–water partition coefficient (Wildman–Crippen LogP) is 4.62. The molecule has 6 nitrogen and oxygen atoms in total. The van der Waals surface area contributed by atoms with Gasteiger partial charge in [0.15, 0.2) is 5.82 Å². The molecule has 0 aliphatic carbocycles. The molecule has 3 rings (SSSR count). The second-order valence-electron chi connectivity index (χ2n) is 5.80. The van der Waals surface area contributed by atoms with Crippen LogP contribution in [0.25, 0.3) is 11.3 Å². The summed E-state index contributed by atoms with van der Waals surface area (Å²) in [5, 5.41) is 13.3. The van der Waals surface area contributed by atoms with E-state index in [1.54, 1.807) is 6.07 Å². The number of carbonyl (C=O) groups is 1. The van der Waals surface area contributed by atoms with Crippen LogP contribution in [0.3, 0.4) is 0 Å². The Hall–Kier alpha value is -3.28. The summed E-state index contributed by atoms with van der Waals surface area (Å²) in [6.07, 6.45) is -0.491. The summed E-state index contributed by atoms with van der Waals surface area (Å²) in [5.41, 5.74) is 5.82. The molecule has 0 saturated carbocycles. The van der Waals surface area contributed by atoms with Crippen molar-refractivity contribution >= 4 is 23.3 Å².